The van der Waals surface area contributed by atoms with Crippen LogP contribution in [0.5, 0.6) is 0 Å². The highest BCUT2D eigenvalue weighted by Gasteiger charge is 2.22. The van der Waals surface area contributed by atoms with Crippen LogP contribution in [0.4, 0.5) is 0 Å². The smallest absolute Gasteiger partial charge is 0.332 e. The van der Waals surface area contributed by atoms with Crippen molar-refractivity contribution in [2.75, 3.05) is 13.7 Å². The van der Waals surface area contributed by atoms with E-state index in [4.69, 9.17) is 5.11 Å². The monoisotopic (exact) mass is 324 g/mol. The Hall–Kier alpha value is -2.75. The fraction of sp³-hybridized carbons (Fsp3) is 0.462. The minimum Gasteiger partial charge on any atom is -0.480 e. The predicted octanol–water partition coefficient (Wildman–Crippen LogP) is -1.24. The summed E-state index contributed by atoms with van der Waals surface area (Å²) in [6.45, 7) is 0.689. The molecule has 0 amide bonds. The maximum Gasteiger partial charge on any atom is 0.332 e. The Labute approximate surface area is 129 Å². The number of rotatable bonds is 6. The van der Waals surface area contributed by atoms with E-state index in [-0.39, 0.29) is 17.8 Å². The molecule has 2 rings (SSSR count). The number of hydrogen-bond acceptors (Lipinski definition) is 6. The molecule has 0 fully saturated rings. The molecule has 1 unspecified atom stereocenters. The first-order chi connectivity index (χ1) is 10.8. The van der Waals surface area contributed by atoms with E-state index in [2.05, 4.69) is 9.72 Å². The molecule has 2 heterocycles. The summed E-state index contributed by atoms with van der Waals surface area (Å²) >= 11 is 0. The molecule has 0 aliphatic rings. The van der Waals surface area contributed by atoms with Crippen LogP contribution in [-0.4, -0.2) is 49.3 Å². The standard InChI is InChI=1S/C13H16N4O6/c1-7(12(20)21)17-6-14-10-9(17)11(19)16(13(22)15(10)2)4-8(18)5-23-3/h6-7H,4-5H2,1-3H3,(H,20,21). The van der Waals surface area contributed by atoms with Crippen LogP contribution in [0.1, 0.15) is 13.0 Å². The van der Waals surface area contributed by atoms with Gasteiger partial charge in [0.25, 0.3) is 5.56 Å². The van der Waals surface area contributed by atoms with Crippen LogP contribution in [0.25, 0.3) is 11.2 Å². The molecule has 0 bridgehead atoms. The Morgan fingerprint density at radius 2 is 2.04 bits per heavy atom. The number of carboxylic acid groups (broad SMARTS) is 1. The third-order valence-electron chi connectivity index (χ3n) is 3.47. The van der Waals surface area contributed by atoms with Crippen LogP contribution in [0.3, 0.4) is 0 Å². The van der Waals surface area contributed by atoms with Gasteiger partial charge in [0.2, 0.25) is 0 Å². The van der Waals surface area contributed by atoms with Crippen molar-refractivity contribution >= 4 is 22.9 Å². The van der Waals surface area contributed by atoms with Crippen LogP contribution in [0, 0.1) is 0 Å². The second kappa shape index (κ2) is 6.16. The third-order valence-corrected chi connectivity index (χ3v) is 3.47. The van der Waals surface area contributed by atoms with Gasteiger partial charge < -0.3 is 14.4 Å². The van der Waals surface area contributed by atoms with E-state index in [0.29, 0.717) is 0 Å². The van der Waals surface area contributed by atoms with Gasteiger partial charge in [0.1, 0.15) is 12.6 Å². The number of carboxylic acids is 1. The van der Waals surface area contributed by atoms with Crippen molar-refractivity contribution in [1.29, 1.82) is 0 Å². The van der Waals surface area contributed by atoms with Crippen LogP contribution in [0.15, 0.2) is 15.9 Å². The van der Waals surface area contributed by atoms with Crippen LogP contribution in [0.2, 0.25) is 0 Å². The number of aliphatic carboxylic acids is 1. The Morgan fingerprint density at radius 3 is 2.61 bits per heavy atom. The predicted molar refractivity (Wildman–Crippen MR) is 78.5 cm³/mol. The highest BCUT2D eigenvalue weighted by Crippen LogP contribution is 2.13. The fourth-order valence-corrected chi connectivity index (χ4v) is 2.22. The van der Waals surface area contributed by atoms with Crippen molar-refractivity contribution in [1.82, 2.24) is 18.7 Å². The Balaban J connectivity index is 2.73. The normalized spacial score (nSPS) is 12.5. The van der Waals surface area contributed by atoms with E-state index in [0.717, 1.165) is 13.7 Å². The van der Waals surface area contributed by atoms with E-state index in [1.165, 1.54) is 27.4 Å². The molecule has 2 aromatic heterocycles. The maximum atomic E-state index is 12.6. The summed E-state index contributed by atoms with van der Waals surface area (Å²) in [5.74, 6) is -1.61. The molecule has 0 spiro atoms. The number of nitrogens with zero attached hydrogens (tertiary/aromatic N) is 4. The van der Waals surface area contributed by atoms with Crippen LogP contribution >= 0.6 is 0 Å². The van der Waals surface area contributed by atoms with Gasteiger partial charge in [-0.15, -0.1) is 0 Å². The van der Waals surface area contributed by atoms with Gasteiger partial charge in [0.15, 0.2) is 16.9 Å². The van der Waals surface area contributed by atoms with Crippen molar-refractivity contribution in [2.24, 2.45) is 7.05 Å². The quantitative estimate of drug-likeness (QED) is 0.704. The molecule has 2 aromatic rings. The Kier molecular flexibility index (Phi) is 4.45. The number of fused-ring (bicyclic) bond motifs is 1. The molecule has 0 radical (unpaired) electrons. The summed E-state index contributed by atoms with van der Waals surface area (Å²) in [5.41, 5.74) is -1.46. The molecule has 23 heavy (non-hydrogen) atoms. The minimum atomic E-state index is -1.15. The molecule has 124 valence electrons. The van der Waals surface area contributed by atoms with Crippen molar-refractivity contribution in [2.45, 2.75) is 19.5 Å². The first-order valence-corrected chi connectivity index (χ1v) is 6.69. The number of Topliss-reactive ketones (excluding diaryl/α,β-unsaturated/α-hetero) is 1. The molecule has 0 saturated carbocycles. The van der Waals surface area contributed by atoms with Crippen molar-refractivity contribution in [3.8, 4) is 0 Å². The van der Waals surface area contributed by atoms with E-state index in [1.807, 2.05) is 0 Å². The van der Waals surface area contributed by atoms with Gasteiger partial charge in [0.05, 0.1) is 12.9 Å². The first-order valence-electron chi connectivity index (χ1n) is 6.69. The highest BCUT2D eigenvalue weighted by atomic mass is 16.5. The second-order valence-corrected chi connectivity index (χ2v) is 5.04. The number of hydrogen-bond donors (Lipinski definition) is 1. The second-order valence-electron chi connectivity index (χ2n) is 5.04. The van der Waals surface area contributed by atoms with E-state index >= 15 is 0 Å². The Morgan fingerprint density at radius 1 is 1.39 bits per heavy atom. The summed E-state index contributed by atoms with van der Waals surface area (Å²) in [5, 5.41) is 9.12. The fourth-order valence-electron chi connectivity index (χ4n) is 2.22. The zero-order chi connectivity index (χ0) is 17.3. The van der Waals surface area contributed by atoms with E-state index < -0.39 is 35.6 Å². The van der Waals surface area contributed by atoms with Crippen molar-refractivity contribution in [3.05, 3.63) is 27.2 Å². The van der Waals surface area contributed by atoms with Gasteiger partial charge in [-0.2, -0.15) is 0 Å². The number of methoxy groups -OCH3 is 1. The van der Waals surface area contributed by atoms with Crippen LogP contribution < -0.4 is 11.2 Å². The molecule has 10 heteroatoms. The summed E-state index contributed by atoms with van der Waals surface area (Å²) in [6.07, 6.45) is 1.19. The van der Waals surface area contributed by atoms with Crippen molar-refractivity contribution < 1.29 is 19.4 Å². The number of imidazole rings is 1. The topological polar surface area (TPSA) is 125 Å². The molecular weight excluding hydrogens is 308 g/mol. The highest BCUT2D eigenvalue weighted by molar-refractivity contribution is 5.80. The summed E-state index contributed by atoms with van der Waals surface area (Å²) in [4.78, 5) is 51.6. The van der Waals surface area contributed by atoms with Gasteiger partial charge in [-0.1, -0.05) is 0 Å². The molecule has 10 nitrogen and oxygen atoms in total. The number of ketones is 1. The molecule has 0 aliphatic carbocycles. The summed E-state index contributed by atoms with van der Waals surface area (Å²) in [6, 6.07) is -1.05. The Bertz CT molecular complexity index is 890. The lowest BCUT2D eigenvalue weighted by molar-refractivity contribution is -0.140. The zero-order valence-corrected chi connectivity index (χ0v) is 12.8. The minimum absolute atomic E-state index is 0.0489. The van der Waals surface area contributed by atoms with Gasteiger partial charge in [-0.25, -0.2) is 14.6 Å². The lowest BCUT2D eigenvalue weighted by Crippen LogP contribution is -2.42. The third kappa shape index (κ3) is 2.80. The van der Waals surface area contributed by atoms with Gasteiger partial charge >= 0.3 is 11.7 Å². The first kappa shape index (κ1) is 16.6. The van der Waals surface area contributed by atoms with Gasteiger partial charge in [-0.05, 0) is 6.92 Å². The maximum absolute atomic E-state index is 12.6. The van der Waals surface area contributed by atoms with Crippen LogP contribution in [-0.2, 0) is 27.9 Å². The number of ether oxygens (including phenoxy) is 1. The molecule has 0 aromatic carbocycles. The van der Waals surface area contributed by atoms with Gasteiger partial charge in [0, 0.05) is 14.2 Å². The lowest BCUT2D eigenvalue weighted by Gasteiger charge is -2.11. The molecule has 0 aliphatic heterocycles. The molecule has 1 N–H and O–H groups in total. The molecule has 1 atom stereocenters. The number of carbonyl (C=O) groups is 2. The SMILES string of the molecule is COCC(=O)Cn1c(=O)c2c(ncn2C(C)C(=O)O)n(C)c1=O. The molecule has 0 saturated heterocycles. The van der Waals surface area contributed by atoms with E-state index in [9.17, 15) is 19.2 Å². The average Bonchev–Trinajstić information content (AvgIpc) is 2.93. The van der Waals surface area contributed by atoms with Crippen molar-refractivity contribution in [3.63, 3.8) is 0 Å². The zero-order valence-electron chi connectivity index (χ0n) is 12.8. The summed E-state index contributed by atoms with van der Waals surface area (Å²) in [7, 11) is 2.72. The average molecular weight is 324 g/mol. The lowest BCUT2D eigenvalue weighted by atomic mass is 10.3. The summed E-state index contributed by atoms with van der Waals surface area (Å²) < 4.78 is 7.69. The number of aryl methyl sites for hydroxylation is 1. The number of carbonyl (C=O) groups excluding carboxylic acids is 1. The van der Waals surface area contributed by atoms with Gasteiger partial charge in [-0.3, -0.25) is 18.7 Å². The largest absolute Gasteiger partial charge is 0.480 e. The molecular formula is C13H16N4O6. The number of aromatic nitrogens is 4. The van der Waals surface area contributed by atoms with E-state index in [1.54, 1.807) is 0 Å².